The van der Waals surface area contributed by atoms with E-state index in [1.807, 2.05) is 24.3 Å². The maximum Gasteiger partial charge on any atom is 0.141 e. The third-order valence-corrected chi connectivity index (χ3v) is 3.64. The summed E-state index contributed by atoms with van der Waals surface area (Å²) < 4.78 is 13.1. The third kappa shape index (κ3) is 3.20. The SMILES string of the molecule is CC(C)(C)c1ccc(C(O)c2ccc(F)c(Cl)c2)cc1. The highest BCUT2D eigenvalue weighted by atomic mass is 35.5. The zero-order valence-electron chi connectivity index (χ0n) is 11.8. The van der Waals surface area contributed by atoms with Gasteiger partial charge in [0, 0.05) is 0 Å². The van der Waals surface area contributed by atoms with Gasteiger partial charge < -0.3 is 5.11 Å². The van der Waals surface area contributed by atoms with E-state index in [9.17, 15) is 9.50 Å². The Kier molecular flexibility index (Phi) is 4.17. The zero-order valence-corrected chi connectivity index (χ0v) is 12.6. The molecule has 0 heterocycles. The molecule has 0 spiro atoms. The van der Waals surface area contributed by atoms with Gasteiger partial charge in [0.2, 0.25) is 0 Å². The van der Waals surface area contributed by atoms with Gasteiger partial charge in [0.05, 0.1) is 5.02 Å². The molecule has 0 fully saturated rings. The molecule has 1 atom stereocenters. The van der Waals surface area contributed by atoms with E-state index in [0.29, 0.717) is 5.56 Å². The van der Waals surface area contributed by atoms with Crippen molar-refractivity contribution in [2.24, 2.45) is 0 Å². The lowest BCUT2D eigenvalue weighted by Crippen LogP contribution is -2.11. The Bertz CT molecular complexity index is 599. The van der Waals surface area contributed by atoms with E-state index < -0.39 is 11.9 Å². The minimum absolute atomic E-state index is 0.0212. The van der Waals surface area contributed by atoms with Gasteiger partial charge in [-0.05, 0) is 34.2 Å². The number of rotatable bonds is 2. The second-order valence-corrected chi connectivity index (χ2v) is 6.36. The number of hydrogen-bond acceptors (Lipinski definition) is 1. The Balaban J connectivity index is 2.29. The topological polar surface area (TPSA) is 20.2 Å². The molecule has 0 aliphatic rings. The van der Waals surface area contributed by atoms with Gasteiger partial charge in [-0.25, -0.2) is 4.39 Å². The second kappa shape index (κ2) is 5.55. The maximum atomic E-state index is 13.1. The zero-order chi connectivity index (χ0) is 14.9. The van der Waals surface area contributed by atoms with Crippen LogP contribution in [0.4, 0.5) is 4.39 Å². The molecule has 0 aromatic heterocycles. The summed E-state index contributed by atoms with van der Waals surface area (Å²) in [6.07, 6.45) is -0.804. The average Bonchev–Trinajstić information content (AvgIpc) is 2.40. The molecule has 0 saturated carbocycles. The molecule has 1 unspecified atom stereocenters. The van der Waals surface area contributed by atoms with Crippen LogP contribution in [0.15, 0.2) is 42.5 Å². The summed E-state index contributed by atoms with van der Waals surface area (Å²) in [5.41, 5.74) is 2.62. The van der Waals surface area contributed by atoms with E-state index in [2.05, 4.69) is 20.8 Å². The molecule has 2 aromatic carbocycles. The minimum Gasteiger partial charge on any atom is -0.384 e. The number of benzene rings is 2. The van der Waals surface area contributed by atoms with Crippen LogP contribution < -0.4 is 0 Å². The van der Waals surface area contributed by atoms with Crippen molar-refractivity contribution in [3.8, 4) is 0 Å². The van der Waals surface area contributed by atoms with E-state index in [1.165, 1.54) is 17.7 Å². The molecule has 0 aliphatic carbocycles. The quantitative estimate of drug-likeness (QED) is 0.838. The molecule has 0 radical (unpaired) electrons. The van der Waals surface area contributed by atoms with Gasteiger partial charge in [-0.1, -0.05) is 62.7 Å². The number of aliphatic hydroxyl groups is 1. The molecule has 0 aliphatic heterocycles. The summed E-state index contributed by atoms with van der Waals surface area (Å²) in [6, 6.07) is 12.1. The molecule has 106 valence electrons. The minimum atomic E-state index is -0.804. The smallest absolute Gasteiger partial charge is 0.141 e. The van der Waals surface area contributed by atoms with Gasteiger partial charge in [-0.2, -0.15) is 0 Å². The van der Waals surface area contributed by atoms with Crippen LogP contribution in [0.25, 0.3) is 0 Å². The van der Waals surface area contributed by atoms with Gasteiger partial charge in [0.15, 0.2) is 0 Å². The van der Waals surface area contributed by atoms with Gasteiger partial charge in [-0.15, -0.1) is 0 Å². The summed E-state index contributed by atoms with van der Waals surface area (Å²) in [5, 5.41) is 10.3. The molecule has 3 heteroatoms. The van der Waals surface area contributed by atoms with Gasteiger partial charge in [0.1, 0.15) is 11.9 Å². The van der Waals surface area contributed by atoms with Crippen molar-refractivity contribution < 1.29 is 9.50 Å². The molecule has 0 bridgehead atoms. The van der Waals surface area contributed by atoms with Crippen LogP contribution in [-0.2, 0) is 5.41 Å². The fourth-order valence-corrected chi connectivity index (χ4v) is 2.23. The molecule has 0 saturated heterocycles. The fraction of sp³-hybridized carbons (Fsp3) is 0.294. The Morgan fingerprint density at radius 1 is 1.00 bits per heavy atom. The standard InChI is InChI=1S/C17H18ClFO/c1-17(2,3)13-7-4-11(5-8-13)16(20)12-6-9-15(19)14(18)10-12/h4-10,16,20H,1-3H3. The normalized spacial score (nSPS) is 13.3. The van der Waals surface area contributed by atoms with Crippen molar-refractivity contribution in [2.45, 2.75) is 32.3 Å². The van der Waals surface area contributed by atoms with Crippen LogP contribution in [0.3, 0.4) is 0 Å². The summed E-state index contributed by atoms with van der Waals surface area (Å²) in [5.74, 6) is -0.481. The average molecular weight is 293 g/mol. The Hall–Kier alpha value is -1.38. The predicted molar refractivity (Wildman–Crippen MR) is 80.6 cm³/mol. The second-order valence-electron chi connectivity index (χ2n) is 5.95. The molecule has 1 nitrogen and oxygen atoms in total. The summed E-state index contributed by atoms with van der Waals surface area (Å²) in [7, 11) is 0. The highest BCUT2D eigenvalue weighted by Crippen LogP contribution is 2.28. The highest BCUT2D eigenvalue weighted by molar-refractivity contribution is 6.30. The first-order valence-corrected chi connectivity index (χ1v) is 6.90. The monoisotopic (exact) mass is 292 g/mol. The number of halogens is 2. The van der Waals surface area contributed by atoms with Crippen LogP contribution in [0, 0.1) is 5.82 Å². The Morgan fingerprint density at radius 2 is 1.55 bits per heavy atom. The first-order chi connectivity index (χ1) is 9.29. The van der Waals surface area contributed by atoms with E-state index in [1.54, 1.807) is 6.07 Å². The van der Waals surface area contributed by atoms with Gasteiger partial charge >= 0.3 is 0 Å². The molecule has 2 aromatic rings. The molecule has 1 N–H and O–H groups in total. The summed E-state index contributed by atoms with van der Waals surface area (Å²) in [4.78, 5) is 0. The summed E-state index contributed by atoms with van der Waals surface area (Å²) in [6.45, 7) is 6.41. The number of hydrogen-bond donors (Lipinski definition) is 1. The van der Waals surface area contributed by atoms with Crippen molar-refractivity contribution >= 4 is 11.6 Å². The molecule has 20 heavy (non-hydrogen) atoms. The largest absolute Gasteiger partial charge is 0.384 e. The van der Waals surface area contributed by atoms with E-state index >= 15 is 0 Å². The van der Waals surface area contributed by atoms with E-state index in [0.717, 1.165) is 5.56 Å². The van der Waals surface area contributed by atoms with Crippen LogP contribution in [0.2, 0.25) is 5.02 Å². The predicted octanol–water partition coefficient (Wildman–Crippen LogP) is 4.86. The maximum absolute atomic E-state index is 13.1. The van der Waals surface area contributed by atoms with Crippen molar-refractivity contribution in [1.82, 2.24) is 0 Å². The lowest BCUT2D eigenvalue weighted by Gasteiger charge is -2.20. The Labute approximate surface area is 124 Å². The van der Waals surface area contributed by atoms with Crippen LogP contribution in [0.1, 0.15) is 43.6 Å². The van der Waals surface area contributed by atoms with E-state index in [-0.39, 0.29) is 10.4 Å². The van der Waals surface area contributed by atoms with E-state index in [4.69, 9.17) is 11.6 Å². The third-order valence-electron chi connectivity index (χ3n) is 3.35. The molecular weight excluding hydrogens is 275 g/mol. The lowest BCUT2D eigenvalue weighted by molar-refractivity contribution is 0.220. The molecule has 0 amide bonds. The van der Waals surface area contributed by atoms with Gasteiger partial charge in [0.25, 0.3) is 0 Å². The first-order valence-electron chi connectivity index (χ1n) is 6.52. The molecular formula is C17H18ClFO. The van der Waals surface area contributed by atoms with Crippen molar-refractivity contribution in [3.63, 3.8) is 0 Å². The van der Waals surface area contributed by atoms with Crippen LogP contribution in [-0.4, -0.2) is 5.11 Å². The van der Waals surface area contributed by atoms with Gasteiger partial charge in [-0.3, -0.25) is 0 Å². The molecule has 2 rings (SSSR count). The van der Waals surface area contributed by atoms with Crippen molar-refractivity contribution in [2.75, 3.05) is 0 Å². The Morgan fingerprint density at radius 3 is 2.05 bits per heavy atom. The lowest BCUT2D eigenvalue weighted by atomic mass is 9.86. The fourth-order valence-electron chi connectivity index (χ4n) is 2.04. The van der Waals surface area contributed by atoms with Crippen LogP contribution >= 0.6 is 11.6 Å². The number of aliphatic hydroxyl groups excluding tert-OH is 1. The van der Waals surface area contributed by atoms with Crippen LogP contribution in [0.5, 0.6) is 0 Å². The highest BCUT2D eigenvalue weighted by Gasteiger charge is 2.16. The van der Waals surface area contributed by atoms with Crippen molar-refractivity contribution in [3.05, 3.63) is 70.0 Å². The van der Waals surface area contributed by atoms with Crippen molar-refractivity contribution in [1.29, 1.82) is 0 Å². The first kappa shape index (κ1) is 15.0. The summed E-state index contributed by atoms with van der Waals surface area (Å²) >= 11 is 5.74.